The number of hydrogen-bond donors (Lipinski definition) is 1. The normalized spacial score (nSPS) is 18.0. The predicted octanol–water partition coefficient (Wildman–Crippen LogP) is 0.837. The molecule has 0 spiro atoms. The van der Waals surface area contributed by atoms with Crippen molar-refractivity contribution >= 4 is 39.0 Å². The number of sulfone groups is 1. The Morgan fingerprint density at radius 3 is 2.74 bits per heavy atom. The summed E-state index contributed by atoms with van der Waals surface area (Å²) in [5.74, 6) is -1.49. The predicted molar refractivity (Wildman–Crippen MR) is 101 cm³/mol. The van der Waals surface area contributed by atoms with E-state index in [-0.39, 0.29) is 30.0 Å². The van der Waals surface area contributed by atoms with Gasteiger partial charge < -0.3 is 15.0 Å². The van der Waals surface area contributed by atoms with Gasteiger partial charge in [0.1, 0.15) is 6.54 Å². The molecule has 1 aliphatic heterocycles. The van der Waals surface area contributed by atoms with Crippen LogP contribution in [0.1, 0.15) is 35.9 Å². The van der Waals surface area contributed by atoms with Gasteiger partial charge in [0.05, 0.1) is 16.4 Å². The Bertz CT molecular complexity index is 760. The first kappa shape index (κ1) is 21.4. The number of hydrogen-bond acceptors (Lipinski definition) is 7. The molecule has 27 heavy (non-hydrogen) atoms. The van der Waals surface area contributed by atoms with Crippen molar-refractivity contribution in [2.45, 2.75) is 32.2 Å². The van der Waals surface area contributed by atoms with Gasteiger partial charge in [0.25, 0.3) is 11.8 Å². The van der Waals surface area contributed by atoms with Gasteiger partial charge >= 0.3 is 5.97 Å². The molecule has 1 atom stereocenters. The summed E-state index contributed by atoms with van der Waals surface area (Å²) in [6.45, 7) is 1.61. The lowest BCUT2D eigenvalue weighted by Crippen LogP contribution is -2.44. The molecule has 0 bridgehead atoms. The van der Waals surface area contributed by atoms with Gasteiger partial charge in [-0.25, -0.2) is 8.42 Å². The average Bonchev–Trinajstić information content (AvgIpc) is 3.28. The molecular weight excluding hydrogens is 392 g/mol. The van der Waals surface area contributed by atoms with E-state index in [1.807, 2.05) is 6.92 Å². The minimum Gasteiger partial charge on any atom is -0.454 e. The topological polar surface area (TPSA) is 110 Å². The standard InChI is InChI=1S/C17H24N2O6S2/c1-2-3-7-19(13-6-9-27(23,24)12-13)15(20)11-25-16(21)10-18-17(22)14-5-4-8-26-14/h4-5,8,13H,2-3,6-7,9-12H2,1H3,(H,18,22)/t13-/m0/s1. The molecule has 2 amide bonds. The van der Waals surface area contributed by atoms with Gasteiger partial charge in [0.15, 0.2) is 16.4 Å². The molecule has 8 nitrogen and oxygen atoms in total. The summed E-state index contributed by atoms with van der Waals surface area (Å²) in [6, 6.07) is 2.99. The first-order valence-electron chi connectivity index (χ1n) is 8.79. The number of nitrogens with one attached hydrogen (secondary N) is 1. The summed E-state index contributed by atoms with van der Waals surface area (Å²) in [4.78, 5) is 38.0. The fraction of sp³-hybridized carbons (Fsp3) is 0.588. The summed E-state index contributed by atoms with van der Waals surface area (Å²) >= 11 is 1.25. The molecule has 0 radical (unpaired) electrons. The molecule has 0 saturated carbocycles. The van der Waals surface area contributed by atoms with Crippen molar-refractivity contribution in [1.29, 1.82) is 0 Å². The second kappa shape index (κ2) is 9.84. The van der Waals surface area contributed by atoms with E-state index in [4.69, 9.17) is 4.74 Å². The SMILES string of the molecule is CCCCN(C(=O)COC(=O)CNC(=O)c1cccs1)[C@H]1CCS(=O)(=O)C1. The van der Waals surface area contributed by atoms with Gasteiger partial charge in [0.2, 0.25) is 0 Å². The zero-order valence-electron chi connectivity index (χ0n) is 15.2. The van der Waals surface area contributed by atoms with E-state index in [0.29, 0.717) is 17.8 Å². The molecular formula is C17H24N2O6S2. The Morgan fingerprint density at radius 1 is 1.37 bits per heavy atom. The van der Waals surface area contributed by atoms with Gasteiger partial charge in [-0.05, 0) is 24.3 Å². The number of nitrogens with zero attached hydrogens (tertiary/aromatic N) is 1. The minimum absolute atomic E-state index is 0.0483. The number of unbranched alkanes of at least 4 members (excludes halogenated alkanes) is 1. The third-order valence-corrected chi connectivity index (χ3v) is 6.84. The molecule has 0 aromatic carbocycles. The van der Waals surface area contributed by atoms with E-state index in [0.717, 1.165) is 12.8 Å². The van der Waals surface area contributed by atoms with Crippen LogP contribution < -0.4 is 5.32 Å². The van der Waals surface area contributed by atoms with Crippen LogP contribution in [0.2, 0.25) is 0 Å². The number of amides is 2. The van der Waals surface area contributed by atoms with E-state index < -0.39 is 28.3 Å². The van der Waals surface area contributed by atoms with E-state index in [2.05, 4.69) is 5.32 Å². The lowest BCUT2D eigenvalue weighted by Gasteiger charge is -2.28. The number of rotatable bonds is 9. The summed E-state index contributed by atoms with van der Waals surface area (Å²) < 4.78 is 28.3. The van der Waals surface area contributed by atoms with E-state index in [1.165, 1.54) is 16.2 Å². The molecule has 1 N–H and O–H groups in total. The lowest BCUT2D eigenvalue weighted by molar-refractivity contribution is -0.152. The second-order valence-corrected chi connectivity index (χ2v) is 9.49. The maximum absolute atomic E-state index is 12.4. The van der Waals surface area contributed by atoms with Crippen LogP contribution in [0.15, 0.2) is 17.5 Å². The van der Waals surface area contributed by atoms with Crippen LogP contribution in [0.5, 0.6) is 0 Å². The smallest absolute Gasteiger partial charge is 0.325 e. The maximum Gasteiger partial charge on any atom is 0.325 e. The largest absolute Gasteiger partial charge is 0.454 e. The number of ether oxygens (including phenoxy) is 1. The molecule has 10 heteroatoms. The van der Waals surface area contributed by atoms with Crippen LogP contribution in [0.3, 0.4) is 0 Å². The molecule has 1 fully saturated rings. The Balaban J connectivity index is 1.81. The summed E-state index contributed by atoms with van der Waals surface area (Å²) in [6.07, 6.45) is 2.01. The third kappa shape index (κ3) is 6.62. The summed E-state index contributed by atoms with van der Waals surface area (Å²) in [5, 5.41) is 4.18. The fourth-order valence-electron chi connectivity index (χ4n) is 2.78. The average molecular weight is 417 g/mol. The highest BCUT2D eigenvalue weighted by atomic mass is 32.2. The number of carbonyl (C=O) groups excluding carboxylic acids is 3. The van der Waals surface area contributed by atoms with Crippen LogP contribution in [0.4, 0.5) is 0 Å². The zero-order chi connectivity index (χ0) is 19.9. The number of carbonyl (C=O) groups is 3. The maximum atomic E-state index is 12.4. The lowest BCUT2D eigenvalue weighted by atomic mass is 10.2. The Kier molecular flexibility index (Phi) is 7.78. The first-order chi connectivity index (χ1) is 12.8. The van der Waals surface area contributed by atoms with E-state index >= 15 is 0 Å². The molecule has 0 aliphatic carbocycles. The third-order valence-electron chi connectivity index (χ3n) is 4.22. The van der Waals surface area contributed by atoms with E-state index in [1.54, 1.807) is 17.5 Å². The van der Waals surface area contributed by atoms with Gasteiger partial charge in [-0.3, -0.25) is 14.4 Å². The highest BCUT2D eigenvalue weighted by Gasteiger charge is 2.34. The molecule has 1 saturated heterocycles. The molecule has 0 unspecified atom stereocenters. The molecule has 150 valence electrons. The van der Waals surface area contributed by atoms with Crippen molar-refractivity contribution in [3.8, 4) is 0 Å². The van der Waals surface area contributed by atoms with Gasteiger partial charge in [0, 0.05) is 12.6 Å². The van der Waals surface area contributed by atoms with Crippen molar-refractivity contribution < 1.29 is 27.5 Å². The van der Waals surface area contributed by atoms with Crippen molar-refractivity contribution in [3.63, 3.8) is 0 Å². The Morgan fingerprint density at radius 2 is 2.15 bits per heavy atom. The van der Waals surface area contributed by atoms with Crippen LogP contribution in [0, 0.1) is 0 Å². The number of thiophene rings is 1. The second-order valence-electron chi connectivity index (χ2n) is 6.32. The van der Waals surface area contributed by atoms with Crippen molar-refractivity contribution in [2.24, 2.45) is 0 Å². The van der Waals surface area contributed by atoms with Crippen molar-refractivity contribution in [1.82, 2.24) is 10.2 Å². The molecule has 1 aromatic rings. The van der Waals surface area contributed by atoms with Crippen LogP contribution in [0.25, 0.3) is 0 Å². The number of esters is 1. The van der Waals surface area contributed by atoms with Crippen LogP contribution in [-0.4, -0.2) is 68.3 Å². The first-order valence-corrected chi connectivity index (χ1v) is 11.5. The Hall–Kier alpha value is -1.94. The monoisotopic (exact) mass is 416 g/mol. The van der Waals surface area contributed by atoms with Gasteiger partial charge in [-0.1, -0.05) is 19.4 Å². The highest BCUT2D eigenvalue weighted by molar-refractivity contribution is 7.91. The van der Waals surface area contributed by atoms with Gasteiger partial charge in [-0.2, -0.15) is 0 Å². The molecule has 2 rings (SSSR count). The van der Waals surface area contributed by atoms with E-state index in [9.17, 15) is 22.8 Å². The van der Waals surface area contributed by atoms with Crippen molar-refractivity contribution in [3.05, 3.63) is 22.4 Å². The Labute approximate surface area is 162 Å². The highest BCUT2D eigenvalue weighted by Crippen LogP contribution is 2.18. The zero-order valence-corrected chi connectivity index (χ0v) is 16.8. The van der Waals surface area contributed by atoms with Crippen molar-refractivity contribution in [2.75, 3.05) is 31.2 Å². The van der Waals surface area contributed by atoms with Crippen LogP contribution >= 0.6 is 11.3 Å². The molecule has 2 heterocycles. The molecule has 1 aromatic heterocycles. The molecule has 1 aliphatic rings. The van der Waals surface area contributed by atoms with Gasteiger partial charge in [-0.15, -0.1) is 11.3 Å². The van der Waals surface area contributed by atoms with Crippen LogP contribution in [-0.2, 0) is 24.2 Å². The summed E-state index contributed by atoms with van der Waals surface area (Å²) in [7, 11) is -3.12. The fourth-order valence-corrected chi connectivity index (χ4v) is 5.15. The summed E-state index contributed by atoms with van der Waals surface area (Å²) in [5.41, 5.74) is 0. The quantitative estimate of drug-likeness (QED) is 0.597. The minimum atomic E-state index is -3.12.